The lowest BCUT2D eigenvalue weighted by Crippen LogP contribution is -2.43. The number of hydrogen-bond acceptors (Lipinski definition) is 6. The van der Waals surface area contributed by atoms with Crippen LogP contribution in [-0.4, -0.2) is 46.3 Å². The highest BCUT2D eigenvalue weighted by Crippen LogP contribution is 2.29. The largest absolute Gasteiger partial charge is 0.430 e. The standard InChI is InChI=1S/C21H28F2O7S/c1-5-8-16-12-15(13-20(26,6-2)7-3)9-10-17(16)14(4)11-18(24)30-19(25)21(22,23)31(27,28)29/h5,8-10,12,19,25-26H,4,6-7,11,13H2,1-3H3,(H,27,28,29)/b8-5-. The molecule has 0 spiro atoms. The Kier molecular flexibility index (Phi) is 9.06. The van der Waals surface area contributed by atoms with Gasteiger partial charge < -0.3 is 14.9 Å². The van der Waals surface area contributed by atoms with Gasteiger partial charge >= 0.3 is 21.3 Å². The van der Waals surface area contributed by atoms with Crippen molar-refractivity contribution in [3.8, 4) is 0 Å². The molecule has 1 aromatic rings. The van der Waals surface area contributed by atoms with Crippen LogP contribution in [0.3, 0.4) is 0 Å². The molecule has 0 aliphatic carbocycles. The summed E-state index contributed by atoms with van der Waals surface area (Å²) in [5.41, 5.74) is 1.33. The second-order valence-electron chi connectivity index (χ2n) is 7.19. The van der Waals surface area contributed by atoms with Gasteiger partial charge in [0.2, 0.25) is 0 Å². The van der Waals surface area contributed by atoms with E-state index in [0.29, 0.717) is 30.4 Å². The number of rotatable bonds is 11. The summed E-state index contributed by atoms with van der Waals surface area (Å²) in [6.07, 6.45) is 1.05. The van der Waals surface area contributed by atoms with Gasteiger partial charge in [-0.2, -0.15) is 17.2 Å². The fourth-order valence-electron chi connectivity index (χ4n) is 2.87. The predicted octanol–water partition coefficient (Wildman–Crippen LogP) is 3.56. The summed E-state index contributed by atoms with van der Waals surface area (Å²) in [6.45, 7) is 9.29. The second-order valence-corrected chi connectivity index (χ2v) is 8.68. The van der Waals surface area contributed by atoms with Crippen molar-refractivity contribution in [2.45, 2.75) is 63.6 Å². The molecule has 1 unspecified atom stereocenters. The lowest BCUT2D eigenvalue weighted by molar-refractivity contribution is -0.204. The number of alkyl halides is 2. The molecule has 1 rings (SSSR count). The van der Waals surface area contributed by atoms with Crippen LogP contribution in [0.4, 0.5) is 8.78 Å². The Labute approximate surface area is 180 Å². The number of carbonyl (C=O) groups excluding carboxylic acids is 1. The van der Waals surface area contributed by atoms with Crippen LogP contribution in [0.5, 0.6) is 0 Å². The molecule has 174 valence electrons. The predicted molar refractivity (Wildman–Crippen MR) is 113 cm³/mol. The third-order valence-electron chi connectivity index (χ3n) is 4.92. The summed E-state index contributed by atoms with van der Waals surface area (Å²) in [5, 5.41) is 14.7. The van der Waals surface area contributed by atoms with Crippen LogP contribution in [0.15, 0.2) is 30.9 Å². The van der Waals surface area contributed by atoms with Crippen molar-refractivity contribution >= 4 is 27.7 Å². The zero-order valence-corrected chi connectivity index (χ0v) is 18.5. The maximum Gasteiger partial charge on any atom is 0.430 e. The average molecular weight is 463 g/mol. The van der Waals surface area contributed by atoms with Gasteiger partial charge in [-0.3, -0.25) is 9.35 Å². The smallest absolute Gasteiger partial charge is 0.428 e. The number of carbonyl (C=O) groups is 1. The van der Waals surface area contributed by atoms with Gasteiger partial charge in [0.15, 0.2) is 0 Å². The van der Waals surface area contributed by atoms with Crippen LogP contribution in [0, 0.1) is 0 Å². The number of benzene rings is 1. The summed E-state index contributed by atoms with van der Waals surface area (Å²) >= 11 is 0. The van der Waals surface area contributed by atoms with Crippen molar-refractivity contribution in [2.75, 3.05) is 0 Å². The zero-order chi connectivity index (χ0) is 24.0. The highest BCUT2D eigenvalue weighted by Gasteiger charge is 2.54. The number of halogens is 2. The van der Waals surface area contributed by atoms with Gasteiger partial charge in [-0.05, 0) is 42.0 Å². The maximum atomic E-state index is 13.3. The molecule has 1 aromatic carbocycles. The number of hydrogen-bond donors (Lipinski definition) is 3. The number of esters is 1. The van der Waals surface area contributed by atoms with E-state index in [4.69, 9.17) is 4.55 Å². The Hall–Kier alpha value is -2.14. The van der Waals surface area contributed by atoms with Crippen molar-refractivity contribution in [1.82, 2.24) is 0 Å². The first-order valence-corrected chi connectivity index (χ1v) is 11.0. The van der Waals surface area contributed by atoms with E-state index in [9.17, 15) is 32.2 Å². The van der Waals surface area contributed by atoms with Crippen molar-refractivity contribution in [3.63, 3.8) is 0 Å². The van der Waals surface area contributed by atoms with Gasteiger partial charge in [-0.1, -0.05) is 50.8 Å². The first-order valence-electron chi connectivity index (χ1n) is 9.59. The number of aliphatic hydroxyl groups excluding tert-OH is 1. The first kappa shape index (κ1) is 26.9. The van der Waals surface area contributed by atoms with Gasteiger partial charge in [0.05, 0.1) is 12.0 Å². The molecular weight excluding hydrogens is 434 g/mol. The lowest BCUT2D eigenvalue weighted by Gasteiger charge is -2.25. The summed E-state index contributed by atoms with van der Waals surface area (Å²) in [4.78, 5) is 11.9. The van der Waals surface area contributed by atoms with E-state index in [1.807, 2.05) is 19.9 Å². The monoisotopic (exact) mass is 462 g/mol. The van der Waals surface area contributed by atoms with Gasteiger partial charge in [0.1, 0.15) is 0 Å². The molecule has 0 aliphatic rings. The van der Waals surface area contributed by atoms with Gasteiger partial charge in [-0.25, -0.2) is 0 Å². The van der Waals surface area contributed by atoms with Crippen LogP contribution in [0.25, 0.3) is 11.6 Å². The number of ether oxygens (including phenoxy) is 1. The van der Waals surface area contributed by atoms with E-state index in [1.165, 1.54) is 0 Å². The molecule has 10 heteroatoms. The fourth-order valence-corrected chi connectivity index (χ4v) is 3.18. The third-order valence-corrected chi connectivity index (χ3v) is 5.81. The Bertz CT molecular complexity index is 935. The summed E-state index contributed by atoms with van der Waals surface area (Å²) in [6, 6.07) is 5.22. The Morgan fingerprint density at radius 1 is 1.29 bits per heavy atom. The minimum Gasteiger partial charge on any atom is -0.428 e. The molecule has 0 aromatic heterocycles. The minimum atomic E-state index is -5.98. The lowest BCUT2D eigenvalue weighted by atomic mass is 9.87. The summed E-state index contributed by atoms with van der Waals surface area (Å²) in [7, 11) is -5.98. The molecule has 1 atom stereocenters. The third kappa shape index (κ3) is 6.93. The van der Waals surface area contributed by atoms with Crippen LogP contribution in [0.2, 0.25) is 0 Å². The van der Waals surface area contributed by atoms with Crippen molar-refractivity contribution in [2.24, 2.45) is 0 Å². The van der Waals surface area contributed by atoms with E-state index in [0.717, 1.165) is 5.56 Å². The molecule has 0 radical (unpaired) electrons. The van der Waals surface area contributed by atoms with Gasteiger partial charge in [-0.15, -0.1) is 0 Å². The van der Waals surface area contributed by atoms with E-state index in [1.54, 1.807) is 31.2 Å². The number of aliphatic hydroxyl groups is 2. The van der Waals surface area contributed by atoms with Gasteiger partial charge in [0, 0.05) is 6.42 Å². The highest BCUT2D eigenvalue weighted by molar-refractivity contribution is 7.86. The highest BCUT2D eigenvalue weighted by atomic mass is 32.2. The van der Waals surface area contributed by atoms with E-state index in [2.05, 4.69) is 11.3 Å². The normalized spacial score (nSPS) is 13.9. The van der Waals surface area contributed by atoms with Crippen LogP contribution < -0.4 is 0 Å². The van der Waals surface area contributed by atoms with Crippen molar-refractivity contribution in [1.29, 1.82) is 0 Å². The Morgan fingerprint density at radius 3 is 2.35 bits per heavy atom. The average Bonchev–Trinajstić information content (AvgIpc) is 2.67. The quantitative estimate of drug-likeness (QED) is 0.261. The zero-order valence-electron chi connectivity index (χ0n) is 17.6. The van der Waals surface area contributed by atoms with Crippen LogP contribution in [0.1, 0.15) is 56.7 Å². The molecule has 0 bridgehead atoms. The summed E-state index contributed by atoms with van der Waals surface area (Å²) in [5.74, 6) is -1.36. The van der Waals surface area contributed by atoms with Crippen LogP contribution in [-0.2, 0) is 26.1 Å². The Balaban J connectivity index is 3.04. The molecule has 7 nitrogen and oxygen atoms in total. The van der Waals surface area contributed by atoms with Gasteiger partial charge in [0.25, 0.3) is 6.29 Å². The van der Waals surface area contributed by atoms with E-state index >= 15 is 0 Å². The van der Waals surface area contributed by atoms with Crippen molar-refractivity contribution in [3.05, 3.63) is 47.5 Å². The van der Waals surface area contributed by atoms with Crippen molar-refractivity contribution < 1.29 is 41.5 Å². The topological polar surface area (TPSA) is 121 Å². The van der Waals surface area contributed by atoms with E-state index in [-0.39, 0.29) is 5.57 Å². The molecule has 0 aliphatic heterocycles. The molecule has 31 heavy (non-hydrogen) atoms. The number of allylic oxidation sites excluding steroid dienone is 1. The molecule has 0 heterocycles. The first-order chi connectivity index (χ1) is 14.2. The second kappa shape index (κ2) is 10.4. The Morgan fingerprint density at radius 2 is 1.87 bits per heavy atom. The molecular formula is C21H28F2O7S. The maximum absolute atomic E-state index is 13.3. The van der Waals surface area contributed by atoms with E-state index < -0.39 is 39.7 Å². The minimum absolute atomic E-state index is 0.174. The molecule has 0 amide bonds. The molecule has 3 N–H and O–H groups in total. The SMILES string of the molecule is C=C(CC(=O)OC(O)C(F)(F)S(=O)(=O)O)c1ccc(CC(O)(CC)CC)cc1/C=C\C. The van der Waals surface area contributed by atoms with Crippen LogP contribution >= 0.6 is 0 Å². The molecule has 0 saturated heterocycles. The fraction of sp³-hybridized carbons (Fsp3) is 0.476. The molecule has 0 fully saturated rings. The molecule has 0 saturated carbocycles. The summed E-state index contributed by atoms with van der Waals surface area (Å²) < 4.78 is 60.4.